The van der Waals surface area contributed by atoms with Gasteiger partial charge in [0, 0.05) is 9.99 Å². The van der Waals surface area contributed by atoms with E-state index in [1.807, 2.05) is 6.07 Å². The average Bonchev–Trinajstić information content (AvgIpc) is 2.87. The van der Waals surface area contributed by atoms with E-state index in [0.29, 0.717) is 5.56 Å². The summed E-state index contributed by atoms with van der Waals surface area (Å²) in [5.74, 6) is -0.128. The van der Waals surface area contributed by atoms with Crippen molar-refractivity contribution >= 4 is 44.8 Å². The highest BCUT2D eigenvalue weighted by atomic mass is 127. The monoisotopic (exact) mass is 441 g/mol. The van der Waals surface area contributed by atoms with Crippen molar-refractivity contribution in [3.63, 3.8) is 0 Å². The van der Waals surface area contributed by atoms with Gasteiger partial charge in [-0.15, -0.1) is 17.1 Å². The third-order valence-corrected chi connectivity index (χ3v) is 6.25. The molecule has 0 spiro atoms. The summed E-state index contributed by atoms with van der Waals surface area (Å²) in [5, 5.41) is 19.3. The van der Waals surface area contributed by atoms with Crippen LogP contribution in [0, 0.1) is 3.57 Å². The van der Waals surface area contributed by atoms with Gasteiger partial charge < -0.3 is 20.6 Å². The molecule has 5 nitrogen and oxygen atoms in total. The quantitative estimate of drug-likeness (QED) is 0.575. The van der Waals surface area contributed by atoms with E-state index in [1.165, 1.54) is 15.3 Å². The van der Waals surface area contributed by atoms with E-state index in [9.17, 15) is 9.90 Å². The molecule has 0 radical (unpaired) electrons. The normalized spacial score (nSPS) is 22.8. The van der Waals surface area contributed by atoms with Gasteiger partial charge in [-0.2, -0.15) is 0 Å². The Balaban J connectivity index is 1.73. The van der Waals surface area contributed by atoms with Gasteiger partial charge in [0.05, 0.1) is 24.0 Å². The van der Waals surface area contributed by atoms with Crippen LogP contribution in [0.15, 0.2) is 18.2 Å². The van der Waals surface area contributed by atoms with Crippen molar-refractivity contribution in [2.45, 2.75) is 19.1 Å². The fourth-order valence-corrected chi connectivity index (χ4v) is 5.14. The second kappa shape index (κ2) is 5.64. The van der Waals surface area contributed by atoms with Gasteiger partial charge in [-0.3, -0.25) is 4.79 Å². The minimum absolute atomic E-state index is 0.0582. The summed E-state index contributed by atoms with van der Waals surface area (Å²) < 4.78 is 0.981. The maximum Gasteiger partial charge on any atom is 0.256 e. The number of halogens is 1. The van der Waals surface area contributed by atoms with Gasteiger partial charge in [-0.1, -0.05) is 6.07 Å². The van der Waals surface area contributed by atoms with Gasteiger partial charge in [0.2, 0.25) is 0 Å². The summed E-state index contributed by atoms with van der Waals surface area (Å²) in [5.41, 5.74) is 2.56. The lowest BCUT2D eigenvalue weighted by atomic mass is 10.0. The van der Waals surface area contributed by atoms with E-state index in [2.05, 4.69) is 40.3 Å². The molecule has 4 rings (SSSR count). The van der Waals surface area contributed by atoms with Crippen molar-refractivity contribution < 1.29 is 14.8 Å². The number of likely N-dealkylation sites (N-methyl/N-ethyl adjacent to an activating group) is 1. The number of fused-ring (bicyclic) bond motifs is 3. The highest BCUT2D eigenvalue weighted by molar-refractivity contribution is 14.1. The smallest absolute Gasteiger partial charge is 0.256 e. The fourth-order valence-electron chi connectivity index (χ4n) is 3.23. The number of amides is 1. The summed E-state index contributed by atoms with van der Waals surface area (Å²) in [6.07, 6.45) is 0.477. The number of nitrogens with one attached hydrogen (secondary N) is 3. The van der Waals surface area contributed by atoms with Crippen LogP contribution in [0.4, 0.5) is 5.00 Å². The van der Waals surface area contributed by atoms with E-state index in [-0.39, 0.29) is 11.7 Å². The Hall–Kier alpha value is -1.32. The van der Waals surface area contributed by atoms with Crippen molar-refractivity contribution in [2.75, 3.05) is 18.9 Å². The number of benzene rings is 1. The van der Waals surface area contributed by atoms with Crippen molar-refractivity contribution in [2.24, 2.45) is 0 Å². The molecule has 2 aliphatic heterocycles. The molecular weight excluding hydrogens is 425 g/mol. The molecule has 0 saturated carbocycles. The predicted molar refractivity (Wildman–Crippen MR) is 95.9 cm³/mol. The van der Waals surface area contributed by atoms with Gasteiger partial charge in [-0.05, 0) is 45.9 Å². The maximum atomic E-state index is 12.6. The molecule has 3 heterocycles. The molecule has 2 atom stereocenters. The molecule has 7 heteroatoms. The molecule has 23 heavy (non-hydrogen) atoms. The number of thiophene rings is 1. The van der Waals surface area contributed by atoms with Gasteiger partial charge >= 0.3 is 0 Å². The van der Waals surface area contributed by atoms with E-state index < -0.39 is 6.17 Å². The molecule has 1 aromatic heterocycles. The Morgan fingerprint density at radius 1 is 1.39 bits per heavy atom. The maximum absolute atomic E-state index is 12.6. The molecule has 1 amide bonds. The zero-order valence-electron chi connectivity index (χ0n) is 12.5. The number of hydrogen-bond acceptors (Lipinski definition) is 4. The molecule has 1 aromatic carbocycles. The van der Waals surface area contributed by atoms with E-state index in [0.717, 1.165) is 33.6 Å². The summed E-state index contributed by atoms with van der Waals surface area (Å²) >= 11 is 3.83. The van der Waals surface area contributed by atoms with Gasteiger partial charge in [0.25, 0.3) is 5.91 Å². The highest BCUT2D eigenvalue weighted by Gasteiger charge is 2.33. The molecule has 0 aliphatic carbocycles. The molecule has 2 aromatic rings. The van der Waals surface area contributed by atoms with Crippen LogP contribution in [0.5, 0.6) is 5.75 Å². The summed E-state index contributed by atoms with van der Waals surface area (Å²) in [7, 11) is 2.17. The van der Waals surface area contributed by atoms with Crippen molar-refractivity contribution in [1.29, 1.82) is 0 Å². The first kappa shape index (κ1) is 15.2. The summed E-state index contributed by atoms with van der Waals surface area (Å²) in [4.78, 5) is 15.4. The molecule has 0 fully saturated rings. The molecule has 120 valence electrons. The number of carbonyl (C=O) groups is 1. The Bertz CT molecular complexity index is 805. The predicted octanol–water partition coefficient (Wildman–Crippen LogP) is 0.851. The van der Waals surface area contributed by atoms with Crippen molar-refractivity contribution in [3.05, 3.63) is 43.3 Å². The van der Waals surface area contributed by atoms with E-state index in [1.54, 1.807) is 23.5 Å². The highest BCUT2D eigenvalue weighted by Crippen LogP contribution is 2.39. The zero-order valence-corrected chi connectivity index (χ0v) is 15.5. The molecule has 2 unspecified atom stereocenters. The van der Waals surface area contributed by atoms with Crippen LogP contribution >= 0.6 is 33.9 Å². The van der Waals surface area contributed by atoms with Gasteiger partial charge in [-0.25, -0.2) is 0 Å². The topological polar surface area (TPSA) is 68.6 Å². The van der Waals surface area contributed by atoms with Gasteiger partial charge in [0.1, 0.15) is 17.7 Å². The third kappa shape index (κ3) is 2.60. The first-order valence-electron chi connectivity index (χ1n) is 7.52. The molecule has 3 N–H and O–H groups in total. The SMILES string of the molecule is C[NH+]1CCc2c(sc3c2C(=O)NC(c2cc(I)ccc2[O-])N3)C1. The Morgan fingerprint density at radius 3 is 3.04 bits per heavy atom. The second-order valence-corrected chi connectivity index (χ2v) is 8.43. The van der Waals surface area contributed by atoms with Crippen LogP contribution in [-0.4, -0.2) is 19.5 Å². The van der Waals surface area contributed by atoms with Crippen LogP contribution < -0.4 is 20.6 Å². The first-order chi connectivity index (χ1) is 11.0. The standard InChI is InChI=1S/C16H16IN3O2S/c1-20-5-4-9-12(7-20)23-16-13(9)15(22)18-14(19-16)10-6-8(17)2-3-11(10)21/h2-3,6,14,19,21H,4-5,7H2,1H3,(H,18,22). The second-order valence-electron chi connectivity index (χ2n) is 6.07. The Morgan fingerprint density at radius 2 is 2.22 bits per heavy atom. The van der Waals surface area contributed by atoms with Gasteiger partial charge in [0.15, 0.2) is 0 Å². The van der Waals surface area contributed by atoms with Crippen LogP contribution in [-0.2, 0) is 13.0 Å². The fraction of sp³-hybridized carbons (Fsp3) is 0.312. The van der Waals surface area contributed by atoms with Crippen LogP contribution in [0.1, 0.15) is 32.5 Å². The number of carbonyl (C=O) groups excluding carboxylic acids is 1. The lowest BCUT2D eigenvalue weighted by molar-refractivity contribution is -0.895. The third-order valence-electron chi connectivity index (χ3n) is 4.42. The molecular formula is C16H16IN3O2S. The summed E-state index contributed by atoms with van der Waals surface area (Å²) in [6.45, 7) is 2.01. The zero-order chi connectivity index (χ0) is 16.1. The van der Waals surface area contributed by atoms with E-state index in [4.69, 9.17) is 0 Å². The average molecular weight is 441 g/mol. The van der Waals surface area contributed by atoms with Crippen molar-refractivity contribution in [1.82, 2.24) is 5.32 Å². The molecule has 2 aliphatic rings. The largest absolute Gasteiger partial charge is 0.872 e. The van der Waals surface area contributed by atoms with Crippen LogP contribution in [0.25, 0.3) is 0 Å². The Labute approximate surface area is 151 Å². The number of hydrogen-bond donors (Lipinski definition) is 3. The van der Waals surface area contributed by atoms with Crippen molar-refractivity contribution in [3.8, 4) is 5.75 Å². The van der Waals surface area contributed by atoms with E-state index >= 15 is 0 Å². The van der Waals surface area contributed by atoms with Crippen LogP contribution in [0.2, 0.25) is 0 Å². The van der Waals surface area contributed by atoms with Crippen LogP contribution in [0.3, 0.4) is 0 Å². The first-order valence-corrected chi connectivity index (χ1v) is 9.42. The number of rotatable bonds is 1. The number of anilines is 1. The minimum Gasteiger partial charge on any atom is -0.872 e. The minimum atomic E-state index is -0.456. The molecule has 0 bridgehead atoms. The number of quaternary nitrogens is 1. The lowest BCUT2D eigenvalue weighted by Crippen LogP contribution is -3.08. The Kier molecular flexibility index (Phi) is 3.73. The summed E-state index contributed by atoms with van der Waals surface area (Å²) in [6, 6.07) is 5.17. The lowest BCUT2D eigenvalue weighted by Gasteiger charge is -2.29. The molecule has 0 saturated heterocycles.